The van der Waals surface area contributed by atoms with Crippen LogP contribution < -0.4 is 0 Å². The molecule has 0 atom stereocenters. The summed E-state index contributed by atoms with van der Waals surface area (Å²) in [7, 11) is 0. The van der Waals surface area contributed by atoms with Gasteiger partial charge in [-0.05, 0) is 24.5 Å². The number of benzene rings is 1. The van der Waals surface area contributed by atoms with E-state index in [0.717, 1.165) is 35.7 Å². The van der Waals surface area contributed by atoms with Crippen LogP contribution in [0.4, 0.5) is 5.69 Å². The molecule has 3 heteroatoms. The van der Waals surface area contributed by atoms with Crippen LogP contribution in [-0.4, -0.2) is 17.5 Å². The van der Waals surface area contributed by atoms with Gasteiger partial charge in [0.15, 0.2) is 6.29 Å². The van der Waals surface area contributed by atoms with Crippen LogP contribution in [0.3, 0.4) is 0 Å². The van der Waals surface area contributed by atoms with Gasteiger partial charge in [0.05, 0.1) is 11.2 Å². The fraction of sp³-hybridized carbons (Fsp3) is 0.154. The van der Waals surface area contributed by atoms with E-state index in [-0.39, 0.29) is 0 Å². The van der Waals surface area contributed by atoms with Crippen LogP contribution in [0.25, 0.3) is 10.9 Å². The molecule has 2 aromatic rings. The van der Waals surface area contributed by atoms with Crippen molar-refractivity contribution in [3.63, 3.8) is 0 Å². The van der Waals surface area contributed by atoms with Crippen molar-refractivity contribution in [2.24, 2.45) is 4.99 Å². The summed E-state index contributed by atoms with van der Waals surface area (Å²) in [6.45, 7) is 0. The standard InChI is InChI=1S/C13H10N2O/c16-8-11-6-5-10-4-3-9-2-1-7-14-12(9)13(10)15-11/h3-8H,1-2H2. The summed E-state index contributed by atoms with van der Waals surface area (Å²) >= 11 is 0. The van der Waals surface area contributed by atoms with E-state index in [1.165, 1.54) is 5.56 Å². The monoisotopic (exact) mass is 210 g/mol. The number of aliphatic imine (C=N–C) groups is 1. The van der Waals surface area contributed by atoms with Crippen molar-refractivity contribution in [3.8, 4) is 0 Å². The molecule has 1 aliphatic rings. The van der Waals surface area contributed by atoms with Crippen LogP contribution in [0.15, 0.2) is 29.3 Å². The van der Waals surface area contributed by atoms with Crippen LogP contribution in [-0.2, 0) is 6.42 Å². The van der Waals surface area contributed by atoms with Crippen molar-refractivity contribution in [2.45, 2.75) is 12.8 Å². The number of hydrogen-bond donors (Lipinski definition) is 0. The molecule has 0 N–H and O–H groups in total. The summed E-state index contributed by atoms with van der Waals surface area (Å²) in [5.74, 6) is 0. The lowest BCUT2D eigenvalue weighted by atomic mass is 10.0. The first-order valence-corrected chi connectivity index (χ1v) is 5.29. The van der Waals surface area contributed by atoms with Gasteiger partial charge in [-0.15, -0.1) is 0 Å². The minimum Gasteiger partial charge on any atom is -0.296 e. The van der Waals surface area contributed by atoms with Crippen molar-refractivity contribution in [1.82, 2.24) is 4.98 Å². The maximum Gasteiger partial charge on any atom is 0.168 e. The SMILES string of the molecule is O=Cc1ccc2ccc3c(c2n1)N=CCC3. The average molecular weight is 210 g/mol. The Labute approximate surface area is 92.8 Å². The Morgan fingerprint density at radius 3 is 2.94 bits per heavy atom. The first kappa shape index (κ1) is 9.21. The van der Waals surface area contributed by atoms with E-state index >= 15 is 0 Å². The number of carbonyl (C=O) groups is 1. The molecule has 0 unspecified atom stereocenters. The van der Waals surface area contributed by atoms with Crippen molar-refractivity contribution < 1.29 is 4.79 Å². The van der Waals surface area contributed by atoms with Gasteiger partial charge in [0.1, 0.15) is 5.69 Å². The zero-order chi connectivity index (χ0) is 11.0. The number of pyridine rings is 1. The van der Waals surface area contributed by atoms with E-state index in [0.29, 0.717) is 5.69 Å². The number of aromatic nitrogens is 1. The van der Waals surface area contributed by atoms with Crippen LogP contribution >= 0.6 is 0 Å². The smallest absolute Gasteiger partial charge is 0.168 e. The van der Waals surface area contributed by atoms with Gasteiger partial charge in [-0.2, -0.15) is 0 Å². The molecule has 0 spiro atoms. The molecule has 1 aliphatic heterocycles. The molecular formula is C13H10N2O. The van der Waals surface area contributed by atoms with Gasteiger partial charge in [0, 0.05) is 11.6 Å². The first-order valence-electron chi connectivity index (χ1n) is 5.29. The van der Waals surface area contributed by atoms with Crippen molar-refractivity contribution >= 4 is 29.1 Å². The molecule has 0 aliphatic carbocycles. The van der Waals surface area contributed by atoms with Crippen LogP contribution in [0.2, 0.25) is 0 Å². The van der Waals surface area contributed by atoms with E-state index in [4.69, 9.17) is 0 Å². The minimum atomic E-state index is 0.460. The second-order valence-electron chi connectivity index (χ2n) is 3.85. The van der Waals surface area contributed by atoms with Gasteiger partial charge in [-0.1, -0.05) is 18.2 Å². The summed E-state index contributed by atoms with van der Waals surface area (Å²) < 4.78 is 0. The van der Waals surface area contributed by atoms with Crippen LogP contribution in [0.5, 0.6) is 0 Å². The molecule has 16 heavy (non-hydrogen) atoms. The highest BCUT2D eigenvalue weighted by atomic mass is 16.1. The third-order valence-corrected chi connectivity index (χ3v) is 2.82. The average Bonchev–Trinajstić information content (AvgIpc) is 2.38. The second kappa shape index (κ2) is 3.52. The summed E-state index contributed by atoms with van der Waals surface area (Å²) in [6, 6.07) is 7.78. The lowest BCUT2D eigenvalue weighted by Crippen LogP contribution is -1.96. The van der Waals surface area contributed by atoms with Gasteiger partial charge in [0.2, 0.25) is 0 Å². The molecule has 1 aromatic carbocycles. The highest BCUT2D eigenvalue weighted by molar-refractivity contribution is 5.94. The van der Waals surface area contributed by atoms with E-state index in [9.17, 15) is 4.79 Å². The molecule has 3 rings (SSSR count). The van der Waals surface area contributed by atoms with E-state index in [1.807, 2.05) is 18.3 Å². The Morgan fingerprint density at radius 2 is 2.06 bits per heavy atom. The molecular weight excluding hydrogens is 200 g/mol. The number of rotatable bonds is 1. The third-order valence-electron chi connectivity index (χ3n) is 2.82. The van der Waals surface area contributed by atoms with E-state index in [1.54, 1.807) is 6.07 Å². The van der Waals surface area contributed by atoms with Gasteiger partial charge in [-0.3, -0.25) is 9.79 Å². The van der Waals surface area contributed by atoms with Gasteiger partial charge < -0.3 is 0 Å². The third kappa shape index (κ3) is 1.33. The summed E-state index contributed by atoms with van der Waals surface area (Å²) in [5, 5.41) is 1.03. The van der Waals surface area contributed by atoms with E-state index in [2.05, 4.69) is 16.0 Å². The highest BCUT2D eigenvalue weighted by Crippen LogP contribution is 2.31. The predicted octanol–water partition coefficient (Wildman–Crippen LogP) is 2.70. The molecule has 0 bridgehead atoms. The fourth-order valence-corrected chi connectivity index (χ4v) is 2.02. The molecule has 0 saturated carbocycles. The zero-order valence-electron chi connectivity index (χ0n) is 8.68. The molecule has 0 fully saturated rings. The Morgan fingerprint density at radius 1 is 1.19 bits per heavy atom. The molecule has 0 radical (unpaired) electrons. The molecule has 2 heterocycles. The maximum atomic E-state index is 10.7. The Hall–Kier alpha value is -2.03. The Balaban J connectivity index is 2.37. The number of carbonyl (C=O) groups excluding carboxylic acids is 1. The number of aryl methyl sites for hydroxylation is 1. The zero-order valence-corrected chi connectivity index (χ0v) is 8.68. The van der Waals surface area contributed by atoms with Crippen LogP contribution in [0.1, 0.15) is 22.5 Å². The predicted molar refractivity (Wildman–Crippen MR) is 63.6 cm³/mol. The molecule has 1 aromatic heterocycles. The largest absolute Gasteiger partial charge is 0.296 e. The number of hydrogen-bond acceptors (Lipinski definition) is 3. The molecule has 78 valence electrons. The summed E-state index contributed by atoms with van der Waals surface area (Å²) in [4.78, 5) is 19.4. The molecule has 0 saturated heterocycles. The fourth-order valence-electron chi connectivity index (χ4n) is 2.02. The summed E-state index contributed by atoms with van der Waals surface area (Å²) in [6.07, 6.45) is 4.66. The lowest BCUT2D eigenvalue weighted by molar-refractivity contribution is 0.111. The lowest BCUT2D eigenvalue weighted by Gasteiger charge is -2.11. The first-order chi connectivity index (χ1) is 7.88. The van der Waals surface area contributed by atoms with Crippen LogP contribution in [0, 0.1) is 0 Å². The summed E-state index contributed by atoms with van der Waals surface area (Å²) in [5.41, 5.74) is 3.43. The normalized spacial score (nSPS) is 13.8. The number of aldehydes is 1. The Kier molecular flexibility index (Phi) is 2.03. The van der Waals surface area contributed by atoms with Gasteiger partial charge in [-0.25, -0.2) is 4.98 Å². The highest BCUT2D eigenvalue weighted by Gasteiger charge is 2.10. The second-order valence-corrected chi connectivity index (χ2v) is 3.85. The molecule has 0 amide bonds. The van der Waals surface area contributed by atoms with Crippen molar-refractivity contribution in [3.05, 3.63) is 35.5 Å². The molecule has 3 nitrogen and oxygen atoms in total. The number of fused-ring (bicyclic) bond motifs is 3. The maximum absolute atomic E-state index is 10.7. The van der Waals surface area contributed by atoms with Crippen molar-refractivity contribution in [2.75, 3.05) is 0 Å². The van der Waals surface area contributed by atoms with Gasteiger partial charge >= 0.3 is 0 Å². The van der Waals surface area contributed by atoms with E-state index < -0.39 is 0 Å². The number of nitrogens with zero attached hydrogens (tertiary/aromatic N) is 2. The quantitative estimate of drug-likeness (QED) is 0.679. The van der Waals surface area contributed by atoms with Crippen molar-refractivity contribution in [1.29, 1.82) is 0 Å². The topological polar surface area (TPSA) is 42.3 Å². The van der Waals surface area contributed by atoms with Gasteiger partial charge in [0.25, 0.3) is 0 Å². The minimum absolute atomic E-state index is 0.460. The Bertz CT molecular complexity index is 602.